The molecule has 0 unspecified atom stereocenters. The Morgan fingerprint density at radius 2 is 1.78 bits per heavy atom. The van der Waals surface area contributed by atoms with Gasteiger partial charge in [0.25, 0.3) is 5.91 Å². The fraction of sp³-hybridized carbons (Fsp3) is 0.200. The average molecular weight is 403 g/mol. The minimum absolute atomic E-state index is 0.287. The third-order valence-corrected chi connectivity index (χ3v) is 4.96. The van der Waals surface area contributed by atoms with Crippen LogP contribution >= 0.6 is 23.2 Å². The van der Waals surface area contributed by atoms with E-state index >= 15 is 0 Å². The zero-order valence-electron chi connectivity index (χ0n) is 15.3. The molecule has 0 aliphatic carbocycles. The van der Waals surface area contributed by atoms with Crippen molar-refractivity contribution in [2.45, 2.75) is 13.5 Å². The fourth-order valence-electron chi connectivity index (χ4n) is 2.74. The Hall–Kier alpha value is -2.50. The van der Waals surface area contributed by atoms with Crippen molar-refractivity contribution in [1.82, 2.24) is 9.78 Å². The summed E-state index contributed by atoms with van der Waals surface area (Å²) in [6.45, 7) is 2.16. The second kappa shape index (κ2) is 8.03. The highest BCUT2D eigenvalue weighted by Crippen LogP contribution is 2.25. The standard InChI is InChI=1S/C20H20Cl2N4O/c1-13-18(20(27)23-15-8-10-16(11-9-15)25(2)3)19(22)26(24-13)12-14-6-4-5-7-17(14)21/h4-11H,12H2,1-3H3,(H,23,27). The SMILES string of the molecule is Cc1nn(Cc2ccccc2Cl)c(Cl)c1C(=O)Nc1ccc(N(C)C)cc1. The van der Waals surface area contributed by atoms with Gasteiger partial charge in [0.15, 0.2) is 0 Å². The van der Waals surface area contributed by atoms with Gasteiger partial charge in [0.05, 0.1) is 17.8 Å². The molecular formula is C20H20Cl2N4O. The van der Waals surface area contributed by atoms with Gasteiger partial charge in [-0.05, 0) is 42.8 Å². The molecule has 1 heterocycles. The molecule has 0 aliphatic rings. The maximum absolute atomic E-state index is 12.7. The van der Waals surface area contributed by atoms with Gasteiger partial charge in [-0.25, -0.2) is 4.68 Å². The highest BCUT2D eigenvalue weighted by Gasteiger charge is 2.21. The number of benzene rings is 2. The first kappa shape index (κ1) is 19.3. The van der Waals surface area contributed by atoms with E-state index in [0.717, 1.165) is 11.3 Å². The van der Waals surface area contributed by atoms with Gasteiger partial charge in [-0.3, -0.25) is 4.79 Å². The maximum atomic E-state index is 12.7. The quantitative estimate of drug-likeness (QED) is 0.662. The van der Waals surface area contributed by atoms with Crippen LogP contribution in [0.4, 0.5) is 11.4 Å². The lowest BCUT2D eigenvalue weighted by molar-refractivity contribution is 0.102. The Kier molecular flexibility index (Phi) is 5.73. The van der Waals surface area contributed by atoms with E-state index in [9.17, 15) is 4.79 Å². The van der Waals surface area contributed by atoms with E-state index in [4.69, 9.17) is 23.2 Å². The minimum atomic E-state index is -0.291. The van der Waals surface area contributed by atoms with Gasteiger partial charge >= 0.3 is 0 Å². The molecular weight excluding hydrogens is 383 g/mol. The second-order valence-corrected chi connectivity index (χ2v) is 7.16. The molecule has 3 rings (SSSR count). The summed E-state index contributed by atoms with van der Waals surface area (Å²) < 4.78 is 1.59. The number of aromatic nitrogens is 2. The van der Waals surface area contributed by atoms with Crippen molar-refractivity contribution in [2.24, 2.45) is 0 Å². The predicted molar refractivity (Wildman–Crippen MR) is 111 cm³/mol. The lowest BCUT2D eigenvalue weighted by Gasteiger charge is -2.13. The molecule has 0 fully saturated rings. The number of anilines is 2. The van der Waals surface area contributed by atoms with Crippen LogP contribution in [0.2, 0.25) is 10.2 Å². The molecule has 0 radical (unpaired) electrons. The first-order valence-corrected chi connectivity index (χ1v) is 9.17. The van der Waals surface area contributed by atoms with Crippen molar-refractivity contribution in [3.63, 3.8) is 0 Å². The number of halogens is 2. The van der Waals surface area contributed by atoms with Gasteiger partial charge in [-0.15, -0.1) is 0 Å². The van der Waals surface area contributed by atoms with Crippen molar-refractivity contribution in [3.05, 3.63) is 75.5 Å². The van der Waals surface area contributed by atoms with Crippen LogP contribution in [-0.4, -0.2) is 29.8 Å². The molecule has 3 aromatic rings. The van der Waals surface area contributed by atoms with Crippen LogP contribution in [-0.2, 0) is 6.54 Å². The molecule has 1 aromatic heterocycles. The second-order valence-electron chi connectivity index (χ2n) is 6.40. The summed E-state index contributed by atoms with van der Waals surface area (Å²) in [6.07, 6.45) is 0. The van der Waals surface area contributed by atoms with Gasteiger partial charge in [0.1, 0.15) is 5.15 Å². The number of aryl methyl sites for hydroxylation is 1. The largest absolute Gasteiger partial charge is 0.378 e. The van der Waals surface area contributed by atoms with E-state index in [1.54, 1.807) is 11.6 Å². The normalized spacial score (nSPS) is 10.7. The summed E-state index contributed by atoms with van der Waals surface area (Å²) in [5, 5.41) is 8.20. The number of carbonyl (C=O) groups is 1. The highest BCUT2D eigenvalue weighted by atomic mass is 35.5. The number of nitrogens with zero attached hydrogens (tertiary/aromatic N) is 3. The Morgan fingerprint density at radius 3 is 2.41 bits per heavy atom. The molecule has 27 heavy (non-hydrogen) atoms. The van der Waals surface area contributed by atoms with Crippen molar-refractivity contribution in [1.29, 1.82) is 0 Å². The molecule has 1 N–H and O–H groups in total. The molecule has 0 atom stereocenters. The van der Waals surface area contributed by atoms with Crippen LogP contribution in [0.5, 0.6) is 0 Å². The zero-order chi connectivity index (χ0) is 19.6. The Morgan fingerprint density at radius 1 is 1.11 bits per heavy atom. The Labute approximate surface area is 168 Å². The Bertz CT molecular complexity index is 965. The minimum Gasteiger partial charge on any atom is -0.378 e. The van der Waals surface area contributed by atoms with Gasteiger partial charge in [0.2, 0.25) is 0 Å². The monoisotopic (exact) mass is 402 g/mol. The maximum Gasteiger partial charge on any atom is 0.260 e. The summed E-state index contributed by atoms with van der Waals surface area (Å²) in [4.78, 5) is 14.7. The van der Waals surface area contributed by atoms with Crippen LogP contribution in [0.1, 0.15) is 21.6 Å². The van der Waals surface area contributed by atoms with Crippen molar-refractivity contribution in [2.75, 3.05) is 24.3 Å². The van der Waals surface area contributed by atoms with E-state index in [0.29, 0.717) is 28.5 Å². The molecule has 5 nitrogen and oxygen atoms in total. The van der Waals surface area contributed by atoms with E-state index in [2.05, 4.69) is 10.4 Å². The van der Waals surface area contributed by atoms with Crippen molar-refractivity contribution in [3.8, 4) is 0 Å². The summed E-state index contributed by atoms with van der Waals surface area (Å²) in [6, 6.07) is 15.1. The van der Waals surface area contributed by atoms with Crippen molar-refractivity contribution < 1.29 is 4.79 Å². The highest BCUT2D eigenvalue weighted by molar-refractivity contribution is 6.34. The predicted octanol–water partition coefficient (Wildman–Crippen LogP) is 4.86. The van der Waals surface area contributed by atoms with Crippen LogP contribution < -0.4 is 10.2 Å². The molecule has 140 valence electrons. The van der Waals surface area contributed by atoms with Crippen LogP contribution in [0, 0.1) is 6.92 Å². The summed E-state index contributed by atoms with van der Waals surface area (Å²) in [7, 11) is 3.92. The summed E-state index contributed by atoms with van der Waals surface area (Å²) >= 11 is 12.7. The van der Waals surface area contributed by atoms with Gasteiger partial charge < -0.3 is 10.2 Å². The lowest BCUT2D eigenvalue weighted by atomic mass is 10.2. The number of hydrogen-bond donors (Lipinski definition) is 1. The number of amides is 1. The number of nitrogens with one attached hydrogen (secondary N) is 1. The lowest BCUT2D eigenvalue weighted by Crippen LogP contribution is -2.14. The number of hydrogen-bond acceptors (Lipinski definition) is 3. The Balaban J connectivity index is 1.81. The van der Waals surface area contributed by atoms with Crippen LogP contribution in [0.25, 0.3) is 0 Å². The van der Waals surface area contributed by atoms with Gasteiger partial charge in [-0.1, -0.05) is 41.4 Å². The third kappa shape index (κ3) is 4.26. The van der Waals surface area contributed by atoms with E-state index in [1.165, 1.54) is 0 Å². The molecule has 2 aromatic carbocycles. The zero-order valence-corrected chi connectivity index (χ0v) is 16.8. The molecule has 0 spiro atoms. The van der Waals surface area contributed by atoms with Crippen LogP contribution in [0.3, 0.4) is 0 Å². The van der Waals surface area contributed by atoms with Crippen LogP contribution in [0.15, 0.2) is 48.5 Å². The number of carbonyl (C=O) groups excluding carboxylic acids is 1. The van der Waals surface area contributed by atoms with Gasteiger partial charge in [0, 0.05) is 30.5 Å². The topological polar surface area (TPSA) is 50.2 Å². The van der Waals surface area contributed by atoms with E-state index in [-0.39, 0.29) is 11.1 Å². The molecule has 7 heteroatoms. The molecule has 1 amide bonds. The van der Waals surface area contributed by atoms with E-state index < -0.39 is 0 Å². The molecule has 0 saturated heterocycles. The van der Waals surface area contributed by atoms with Crippen molar-refractivity contribution >= 4 is 40.5 Å². The summed E-state index contributed by atoms with van der Waals surface area (Å²) in [5.74, 6) is -0.291. The fourth-order valence-corrected chi connectivity index (χ4v) is 3.26. The smallest absolute Gasteiger partial charge is 0.260 e. The average Bonchev–Trinajstić information content (AvgIpc) is 2.91. The summed E-state index contributed by atoms with van der Waals surface area (Å²) in [5.41, 5.74) is 3.55. The molecule has 0 bridgehead atoms. The first-order chi connectivity index (χ1) is 12.9. The number of rotatable bonds is 5. The van der Waals surface area contributed by atoms with Gasteiger partial charge in [-0.2, -0.15) is 5.10 Å². The first-order valence-electron chi connectivity index (χ1n) is 8.42. The molecule has 0 aliphatic heterocycles. The third-order valence-electron chi connectivity index (χ3n) is 4.21. The molecule has 0 saturated carbocycles. The van der Waals surface area contributed by atoms with E-state index in [1.807, 2.05) is 67.5 Å².